The summed E-state index contributed by atoms with van der Waals surface area (Å²) in [7, 11) is 1.95. The summed E-state index contributed by atoms with van der Waals surface area (Å²) in [6.07, 6.45) is 3.61. The molecule has 1 fully saturated rings. The van der Waals surface area contributed by atoms with E-state index in [9.17, 15) is 5.11 Å². The maximum absolute atomic E-state index is 10.8. The second kappa shape index (κ2) is 4.97. The first-order chi connectivity index (χ1) is 8.32. The van der Waals surface area contributed by atoms with Crippen LogP contribution in [0.25, 0.3) is 0 Å². The van der Waals surface area contributed by atoms with Gasteiger partial charge < -0.3 is 5.11 Å². The summed E-state index contributed by atoms with van der Waals surface area (Å²) in [5.41, 5.74) is 1.54. The molecular formula is C14H23BrN2O. The van der Waals surface area contributed by atoms with Gasteiger partial charge >= 0.3 is 0 Å². The Balaban J connectivity index is 2.18. The summed E-state index contributed by atoms with van der Waals surface area (Å²) in [6, 6.07) is 0. The van der Waals surface area contributed by atoms with E-state index in [2.05, 4.69) is 34.9 Å². The van der Waals surface area contributed by atoms with Gasteiger partial charge in [0, 0.05) is 13.5 Å². The first kappa shape index (κ1) is 14.1. The zero-order valence-corrected chi connectivity index (χ0v) is 13.3. The molecule has 0 spiro atoms. The molecule has 0 aliphatic heterocycles. The van der Waals surface area contributed by atoms with Crippen molar-refractivity contribution >= 4 is 15.9 Å². The van der Waals surface area contributed by atoms with Crippen molar-refractivity contribution in [3.8, 4) is 0 Å². The first-order valence-electron chi connectivity index (χ1n) is 6.73. The predicted molar refractivity (Wildman–Crippen MR) is 76.5 cm³/mol. The highest BCUT2D eigenvalue weighted by molar-refractivity contribution is 9.10. The van der Waals surface area contributed by atoms with E-state index < -0.39 is 5.60 Å². The molecule has 3 unspecified atom stereocenters. The summed E-state index contributed by atoms with van der Waals surface area (Å²) < 4.78 is 2.93. The third kappa shape index (κ3) is 2.64. The van der Waals surface area contributed by atoms with Crippen LogP contribution in [0, 0.1) is 18.8 Å². The van der Waals surface area contributed by atoms with Gasteiger partial charge in [0.15, 0.2) is 0 Å². The van der Waals surface area contributed by atoms with Gasteiger partial charge in [-0.15, -0.1) is 0 Å². The smallest absolute Gasteiger partial charge is 0.0738 e. The number of halogens is 1. The Morgan fingerprint density at radius 3 is 2.61 bits per heavy atom. The number of aromatic nitrogens is 2. The highest BCUT2D eigenvalue weighted by Gasteiger charge is 2.37. The molecule has 1 N–H and O–H groups in total. The van der Waals surface area contributed by atoms with Gasteiger partial charge in [0.2, 0.25) is 0 Å². The van der Waals surface area contributed by atoms with Crippen molar-refractivity contribution in [1.82, 2.24) is 9.78 Å². The Labute approximate surface area is 118 Å². The van der Waals surface area contributed by atoms with Crippen molar-refractivity contribution < 1.29 is 5.11 Å². The molecule has 18 heavy (non-hydrogen) atoms. The molecule has 3 nitrogen and oxygen atoms in total. The van der Waals surface area contributed by atoms with Gasteiger partial charge in [0.1, 0.15) is 0 Å². The van der Waals surface area contributed by atoms with Crippen LogP contribution in [0.2, 0.25) is 0 Å². The average Bonchev–Trinajstić information content (AvgIpc) is 2.51. The average molecular weight is 315 g/mol. The van der Waals surface area contributed by atoms with Gasteiger partial charge in [0.05, 0.1) is 21.5 Å². The summed E-state index contributed by atoms with van der Waals surface area (Å²) in [5.74, 6) is 1.32. The molecule has 1 heterocycles. The number of aliphatic hydroxyl groups is 1. The zero-order chi connectivity index (χ0) is 13.5. The van der Waals surface area contributed by atoms with E-state index in [0.717, 1.165) is 41.0 Å². The van der Waals surface area contributed by atoms with Crippen LogP contribution < -0.4 is 0 Å². The predicted octanol–water partition coefficient (Wildman–Crippen LogP) is 3.22. The van der Waals surface area contributed by atoms with Crippen molar-refractivity contribution in [3.05, 3.63) is 15.9 Å². The lowest BCUT2D eigenvalue weighted by atomic mass is 9.71. The van der Waals surface area contributed by atoms with Crippen molar-refractivity contribution in [1.29, 1.82) is 0 Å². The SMILES string of the molecule is Cc1nn(C)c(CC2(O)CCC(C)C(C)C2)c1Br. The lowest BCUT2D eigenvalue weighted by Crippen LogP contribution is -2.40. The number of nitrogens with zero attached hydrogens (tertiary/aromatic N) is 2. The van der Waals surface area contributed by atoms with Gasteiger partial charge in [-0.05, 0) is 54.0 Å². The summed E-state index contributed by atoms with van der Waals surface area (Å²) in [5, 5.41) is 15.2. The van der Waals surface area contributed by atoms with Gasteiger partial charge in [0.25, 0.3) is 0 Å². The minimum atomic E-state index is -0.561. The summed E-state index contributed by atoms with van der Waals surface area (Å²) in [6.45, 7) is 6.52. The zero-order valence-electron chi connectivity index (χ0n) is 11.7. The minimum Gasteiger partial charge on any atom is -0.389 e. The van der Waals surface area contributed by atoms with Crippen molar-refractivity contribution in [2.24, 2.45) is 18.9 Å². The molecule has 1 saturated carbocycles. The Kier molecular flexibility index (Phi) is 3.88. The number of rotatable bonds is 2. The van der Waals surface area contributed by atoms with Crippen molar-refractivity contribution in [2.45, 2.75) is 52.1 Å². The molecule has 1 aliphatic carbocycles. The molecule has 102 valence electrons. The topological polar surface area (TPSA) is 38.0 Å². The molecule has 0 radical (unpaired) electrons. The third-order valence-electron chi connectivity index (χ3n) is 4.50. The highest BCUT2D eigenvalue weighted by Crippen LogP contribution is 2.39. The van der Waals surface area contributed by atoms with Crippen LogP contribution in [-0.4, -0.2) is 20.5 Å². The Morgan fingerprint density at radius 2 is 2.11 bits per heavy atom. The summed E-state index contributed by atoms with van der Waals surface area (Å²) >= 11 is 3.58. The van der Waals surface area contributed by atoms with Crippen LogP contribution in [0.15, 0.2) is 4.47 Å². The van der Waals surface area contributed by atoms with Crippen LogP contribution in [0.5, 0.6) is 0 Å². The van der Waals surface area contributed by atoms with Crippen LogP contribution in [0.4, 0.5) is 0 Å². The standard InChI is InChI=1S/C14H23BrN2O/c1-9-5-6-14(18,7-10(9)2)8-12-13(15)11(3)16-17(12)4/h9-10,18H,5-8H2,1-4H3. The summed E-state index contributed by atoms with van der Waals surface area (Å²) in [4.78, 5) is 0. The lowest BCUT2D eigenvalue weighted by molar-refractivity contribution is -0.0293. The lowest BCUT2D eigenvalue weighted by Gasteiger charge is -2.39. The Bertz CT molecular complexity index is 443. The number of hydrogen-bond donors (Lipinski definition) is 1. The maximum atomic E-state index is 10.8. The molecule has 0 bridgehead atoms. The third-order valence-corrected chi connectivity index (χ3v) is 5.53. The van der Waals surface area contributed by atoms with E-state index >= 15 is 0 Å². The number of aryl methyl sites for hydroxylation is 2. The largest absolute Gasteiger partial charge is 0.389 e. The maximum Gasteiger partial charge on any atom is 0.0738 e. The molecule has 3 atom stereocenters. The van der Waals surface area contributed by atoms with Crippen LogP contribution in [0.3, 0.4) is 0 Å². The van der Waals surface area contributed by atoms with Crippen LogP contribution >= 0.6 is 15.9 Å². The normalized spacial score (nSPS) is 32.8. The molecule has 0 aromatic carbocycles. The van der Waals surface area contributed by atoms with Gasteiger partial charge in [-0.2, -0.15) is 5.10 Å². The second-order valence-corrected chi connectivity index (χ2v) is 6.86. The fourth-order valence-corrected chi connectivity index (χ4v) is 3.50. The Morgan fingerprint density at radius 1 is 1.44 bits per heavy atom. The van der Waals surface area contributed by atoms with Gasteiger partial charge in [-0.1, -0.05) is 13.8 Å². The molecule has 1 aromatic rings. The molecule has 4 heteroatoms. The van der Waals surface area contributed by atoms with E-state index in [4.69, 9.17) is 0 Å². The molecule has 1 aliphatic rings. The molecule has 0 amide bonds. The monoisotopic (exact) mass is 314 g/mol. The molecule has 0 saturated heterocycles. The molecular weight excluding hydrogens is 292 g/mol. The highest BCUT2D eigenvalue weighted by atomic mass is 79.9. The molecule has 1 aromatic heterocycles. The first-order valence-corrected chi connectivity index (χ1v) is 7.52. The van der Waals surface area contributed by atoms with E-state index in [0.29, 0.717) is 12.3 Å². The molecule has 2 rings (SSSR count). The fraction of sp³-hybridized carbons (Fsp3) is 0.786. The van der Waals surface area contributed by atoms with Crippen LogP contribution in [-0.2, 0) is 13.5 Å². The van der Waals surface area contributed by atoms with Crippen molar-refractivity contribution in [3.63, 3.8) is 0 Å². The van der Waals surface area contributed by atoms with E-state index in [1.54, 1.807) is 0 Å². The minimum absolute atomic E-state index is 0.561. The van der Waals surface area contributed by atoms with Crippen molar-refractivity contribution in [2.75, 3.05) is 0 Å². The van der Waals surface area contributed by atoms with Crippen LogP contribution in [0.1, 0.15) is 44.5 Å². The second-order valence-electron chi connectivity index (χ2n) is 6.07. The van der Waals surface area contributed by atoms with Gasteiger partial charge in [-0.25, -0.2) is 0 Å². The van der Waals surface area contributed by atoms with E-state index in [1.807, 2.05) is 18.7 Å². The van der Waals surface area contributed by atoms with E-state index in [-0.39, 0.29) is 0 Å². The van der Waals surface area contributed by atoms with E-state index in [1.165, 1.54) is 0 Å². The quantitative estimate of drug-likeness (QED) is 0.910. The van der Waals surface area contributed by atoms with Gasteiger partial charge in [-0.3, -0.25) is 4.68 Å². The fourth-order valence-electron chi connectivity index (χ4n) is 3.03. The number of hydrogen-bond acceptors (Lipinski definition) is 2. The Hall–Kier alpha value is -0.350.